The number of carbonyl (C=O) groups is 3. The van der Waals surface area contributed by atoms with E-state index in [1.807, 2.05) is 20.8 Å². The third-order valence-electron chi connectivity index (χ3n) is 4.78. The van der Waals surface area contributed by atoms with Gasteiger partial charge in [0.25, 0.3) is 5.91 Å². The second kappa shape index (κ2) is 8.15. The molecule has 0 aromatic heterocycles. The molecule has 0 aliphatic carbocycles. The Bertz CT molecular complexity index is 904. The van der Waals surface area contributed by atoms with E-state index in [1.54, 1.807) is 42.5 Å². The largest absolute Gasteiger partial charge is 0.326 e. The Morgan fingerprint density at radius 3 is 2.28 bits per heavy atom. The third-order valence-corrected chi connectivity index (χ3v) is 4.78. The number of anilines is 1. The average molecular weight is 396 g/mol. The fourth-order valence-corrected chi connectivity index (χ4v) is 3.42. The van der Waals surface area contributed by atoms with E-state index in [9.17, 15) is 18.8 Å². The number of benzene rings is 2. The summed E-state index contributed by atoms with van der Waals surface area (Å²) in [5.41, 5.74) is 0.921. The van der Waals surface area contributed by atoms with Gasteiger partial charge in [-0.05, 0) is 35.2 Å². The van der Waals surface area contributed by atoms with E-state index in [0.29, 0.717) is 11.3 Å². The molecule has 0 bridgehead atoms. The number of para-hydroxylation sites is 1. The van der Waals surface area contributed by atoms with Crippen LogP contribution in [-0.2, 0) is 20.9 Å². The summed E-state index contributed by atoms with van der Waals surface area (Å²) < 4.78 is 13.3. The van der Waals surface area contributed by atoms with E-state index < -0.39 is 11.9 Å². The zero-order chi connectivity index (χ0) is 21.2. The van der Waals surface area contributed by atoms with Crippen molar-refractivity contribution in [3.8, 4) is 0 Å². The smallest absolute Gasteiger partial charge is 0.257 e. The maximum Gasteiger partial charge on any atom is 0.257 e. The predicted molar refractivity (Wildman–Crippen MR) is 108 cm³/mol. The number of amides is 3. The van der Waals surface area contributed by atoms with Crippen molar-refractivity contribution in [2.45, 2.75) is 46.2 Å². The molecule has 1 saturated heterocycles. The second-order valence-electron chi connectivity index (χ2n) is 8.51. The van der Waals surface area contributed by atoms with Gasteiger partial charge in [-0.25, -0.2) is 9.29 Å². The van der Waals surface area contributed by atoms with Gasteiger partial charge in [0.05, 0.1) is 12.1 Å². The molecule has 1 unspecified atom stereocenters. The van der Waals surface area contributed by atoms with E-state index in [-0.39, 0.29) is 42.4 Å². The zero-order valence-electron chi connectivity index (χ0n) is 16.9. The Kier molecular flexibility index (Phi) is 5.82. The summed E-state index contributed by atoms with van der Waals surface area (Å²) in [5, 5.41) is 0. The molecular weight excluding hydrogens is 371 g/mol. The van der Waals surface area contributed by atoms with Crippen LogP contribution in [0.4, 0.5) is 10.1 Å². The normalized spacial score (nSPS) is 17.0. The van der Waals surface area contributed by atoms with Crippen LogP contribution in [0.1, 0.15) is 39.2 Å². The van der Waals surface area contributed by atoms with Gasteiger partial charge in [-0.2, -0.15) is 0 Å². The first-order valence-electron chi connectivity index (χ1n) is 9.61. The molecular formula is C23H25FN2O3. The molecule has 0 radical (unpaired) electrons. The Morgan fingerprint density at radius 2 is 1.69 bits per heavy atom. The van der Waals surface area contributed by atoms with E-state index >= 15 is 0 Å². The minimum Gasteiger partial charge on any atom is -0.326 e. The van der Waals surface area contributed by atoms with Crippen molar-refractivity contribution < 1.29 is 18.8 Å². The highest BCUT2D eigenvalue weighted by molar-refractivity contribution is 6.23. The molecule has 1 fully saturated rings. The van der Waals surface area contributed by atoms with Crippen LogP contribution in [0.25, 0.3) is 0 Å². The van der Waals surface area contributed by atoms with Crippen LogP contribution in [0.2, 0.25) is 0 Å². The van der Waals surface area contributed by atoms with Crippen molar-refractivity contribution >= 4 is 23.4 Å². The number of rotatable bonds is 5. The van der Waals surface area contributed by atoms with E-state index in [1.165, 1.54) is 17.0 Å². The lowest BCUT2D eigenvalue weighted by Crippen LogP contribution is -2.46. The van der Waals surface area contributed by atoms with Crippen LogP contribution in [0.15, 0.2) is 54.6 Å². The van der Waals surface area contributed by atoms with Gasteiger partial charge in [-0.3, -0.25) is 14.4 Å². The van der Waals surface area contributed by atoms with Crippen molar-refractivity contribution in [1.29, 1.82) is 0 Å². The van der Waals surface area contributed by atoms with Crippen molar-refractivity contribution in [2.75, 3.05) is 4.90 Å². The van der Waals surface area contributed by atoms with Gasteiger partial charge in [0, 0.05) is 13.0 Å². The number of hydrogen-bond acceptors (Lipinski definition) is 3. The van der Waals surface area contributed by atoms with Gasteiger partial charge in [0.1, 0.15) is 11.9 Å². The summed E-state index contributed by atoms with van der Waals surface area (Å²) in [6, 6.07) is 13.6. The maximum absolute atomic E-state index is 13.3. The number of nitrogens with zero attached hydrogens (tertiary/aromatic N) is 2. The molecule has 0 saturated carbocycles. The molecule has 6 heteroatoms. The summed E-state index contributed by atoms with van der Waals surface area (Å²) in [6.45, 7) is 5.97. The Balaban J connectivity index is 1.90. The Morgan fingerprint density at radius 1 is 1.07 bits per heavy atom. The van der Waals surface area contributed by atoms with Crippen LogP contribution in [0.3, 0.4) is 0 Å². The molecule has 1 aliphatic rings. The summed E-state index contributed by atoms with van der Waals surface area (Å²) in [4.78, 5) is 41.4. The van der Waals surface area contributed by atoms with Gasteiger partial charge in [-0.1, -0.05) is 51.1 Å². The fourth-order valence-electron chi connectivity index (χ4n) is 3.42. The SMILES string of the molecule is CC(C)(C)CC(=O)N(Cc1ccc(F)cc1)C1CC(=O)N(c2ccccc2)C1=O. The summed E-state index contributed by atoms with van der Waals surface area (Å²) in [5.74, 6) is -1.32. The van der Waals surface area contributed by atoms with E-state index in [4.69, 9.17) is 0 Å². The van der Waals surface area contributed by atoms with Crippen molar-refractivity contribution in [2.24, 2.45) is 5.41 Å². The van der Waals surface area contributed by atoms with Gasteiger partial charge < -0.3 is 4.90 Å². The molecule has 3 rings (SSSR count). The Labute approximate surface area is 170 Å². The topological polar surface area (TPSA) is 57.7 Å². The summed E-state index contributed by atoms with van der Waals surface area (Å²) >= 11 is 0. The maximum atomic E-state index is 13.3. The molecule has 5 nitrogen and oxygen atoms in total. The highest BCUT2D eigenvalue weighted by Gasteiger charge is 2.44. The molecule has 152 valence electrons. The molecule has 1 atom stereocenters. The standard InChI is InChI=1S/C23H25FN2O3/c1-23(2,3)14-21(28)25(15-16-9-11-17(24)12-10-16)19-13-20(27)26(22(19)29)18-7-5-4-6-8-18/h4-12,19H,13-15H2,1-3H3. The monoisotopic (exact) mass is 396 g/mol. The number of hydrogen-bond donors (Lipinski definition) is 0. The summed E-state index contributed by atoms with van der Waals surface area (Å²) in [7, 11) is 0. The lowest BCUT2D eigenvalue weighted by molar-refractivity contribution is -0.140. The first-order valence-corrected chi connectivity index (χ1v) is 9.61. The molecule has 1 aliphatic heterocycles. The highest BCUT2D eigenvalue weighted by Crippen LogP contribution is 2.29. The molecule has 3 amide bonds. The van der Waals surface area contributed by atoms with Crippen LogP contribution in [0, 0.1) is 11.2 Å². The van der Waals surface area contributed by atoms with Gasteiger partial charge in [0.15, 0.2) is 0 Å². The van der Waals surface area contributed by atoms with E-state index in [2.05, 4.69) is 0 Å². The molecule has 1 heterocycles. The number of imide groups is 1. The number of halogens is 1. The van der Waals surface area contributed by atoms with Crippen molar-refractivity contribution in [3.63, 3.8) is 0 Å². The third kappa shape index (κ3) is 4.88. The highest BCUT2D eigenvalue weighted by atomic mass is 19.1. The Hall–Kier alpha value is -3.02. The quantitative estimate of drug-likeness (QED) is 0.720. The first kappa shape index (κ1) is 20.7. The lowest BCUT2D eigenvalue weighted by Gasteiger charge is -2.30. The minimum absolute atomic E-state index is 0.0647. The lowest BCUT2D eigenvalue weighted by atomic mass is 9.91. The predicted octanol–water partition coefficient (Wildman–Crippen LogP) is 3.92. The molecule has 0 N–H and O–H groups in total. The molecule has 29 heavy (non-hydrogen) atoms. The van der Waals surface area contributed by atoms with Crippen molar-refractivity contribution in [3.05, 3.63) is 66.0 Å². The molecule has 0 spiro atoms. The first-order chi connectivity index (χ1) is 13.7. The van der Waals surface area contributed by atoms with E-state index in [0.717, 1.165) is 4.90 Å². The van der Waals surface area contributed by atoms with Gasteiger partial charge >= 0.3 is 0 Å². The van der Waals surface area contributed by atoms with Crippen LogP contribution in [0.5, 0.6) is 0 Å². The minimum atomic E-state index is -0.873. The zero-order valence-corrected chi connectivity index (χ0v) is 16.9. The van der Waals surface area contributed by atoms with Crippen LogP contribution < -0.4 is 4.90 Å². The van der Waals surface area contributed by atoms with Crippen LogP contribution in [-0.4, -0.2) is 28.7 Å². The fraction of sp³-hybridized carbons (Fsp3) is 0.348. The van der Waals surface area contributed by atoms with Crippen LogP contribution >= 0.6 is 0 Å². The molecule has 2 aromatic carbocycles. The van der Waals surface area contributed by atoms with Gasteiger partial charge in [0.2, 0.25) is 11.8 Å². The number of carbonyl (C=O) groups excluding carboxylic acids is 3. The van der Waals surface area contributed by atoms with Gasteiger partial charge in [-0.15, -0.1) is 0 Å². The second-order valence-corrected chi connectivity index (χ2v) is 8.51. The average Bonchev–Trinajstić information content (AvgIpc) is 2.94. The van der Waals surface area contributed by atoms with Crippen molar-refractivity contribution in [1.82, 2.24) is 4.90 Å². The molecule has 2 aromatic rings. The summed E-state index contributed by atoms with van der Waals surface area (Å²) in [6.07, 6.45) is 0.169.